The summed E-state index contributed by atoms with van der Waals surface area (Å²) in [6.07, 6.45) is 2.32. The average molecular weight is 293 g/mol. The molecular weight excluding hydrogens is 270 g/mol. The summed E-state index contributed by atoms with van der Waals surface area (Å²) >= 11 is 0. The zero-order valence-corrected chi connectivity index (χ0v) is 12.8. The predicted molar refractivity (Wildman–Crippen MR) is 79.9 cm³/mol. The van der Waals surface area contributed by atoms with Gasteiger partial charge in [0.25, 0.3) is 5.91 Å². The van der Waals surface area contributed by atoms with Crippen molar-refractivity contribution in [3.8, 4) is 11.5 Å². The Morgan fingerprint density at radius 3 is 2.38 bits per heavy atom. The molecule has 2 rings (SSSR count). The maximum Gasteiger partial charge on any atom is 0.254 e. The van der Waals surface area contributed by atoms with E-state index in [-0.39, 0.29) is 11.9 Å². The van der Waals surface area contributed by atoms with Gasteiger partial charge in [0, 0.05) is 18.2 Å². The Morgan fingerprint density at radius 1 is 1.24 bits per heavy atom. The van der Waals surface area contributed by atoms with Crippen LogP contribution in [0.1, 0.15) is 36.5 Å². The second kappa shape index (κ2) is 6.80. The van der Waals surface area contributed by atoms with Crippen molar-refractivity contribution >= 4 is 5.91 Å². The van der Waals surface area contributed by atoms with Gasteiger partial charge in [0.15, 0.2) is 0 Å². The highest BCUT2D eigenvalue weighted by atomic mass is 16.5. The molecule has 1 heterocycles. The monoisotopic (exact) mass is 293 g/mol. The number of likely N-dealkylation sites (tertiary alicyclic amines) is 1. The standard InChI is InChI=1S/C16H23NO4/c1-11(18)15-6-4-5-7-17(15)16(19)12-8-13(20-2)10-14(9-12)21-3/h8-11,15,18H,4-7H2,1-3H3. The molecule has 0 spiro atoms. The lowest BCUT2D eigenvalue weighted by Crippen LogP contribution is -2.48. The van der Waals surface area contributed by atoms with Gasteiger partial charge in [-0.05, 0) is 38.3 Å². The number of aliphatic hydroxyl groups excluding tert-OH is 1. The average Bonchev–Trinajstić information content (AvgIpc) is 2.53. The number of piperidine rings is 1. The van der Waals surface area contributed by atoms with E-state index in [0.717, 1.165) is 19.3 Å². The SMILES string of the molecule is COc1cc(OC)cc(C(=O)N2CCCCC2C(C)O)c1. The molecule has 21 heavy (non-hydrogen) atoms. The second-order valence-corrected chi connectivity index (χ2v) is 5.40. The summed E-state index contributed by atoms with van der Waals surface area (Å²) in [5.41, 5.74) is 0.527. The van der Waals surface area contributed by atoms with Crippen molar-refractivity contribution in [2.45, 2.75) is 38.3 Å². The number of methoxy groups -OCH3 is 2. The zero-order chi connectivity index (χ0) is 15.4. The normalized spacial score (nSPS) is 20.0. The Bertz CT molecular complexity index is 479. The van der Waals surface area contributed by atoms with Gasteiger partial charge in [-0.3, -0.25) is 4.79 Å². The number of hydrogen-bond acceptors (Lipinski definition) is 4. The molecule has 1 fully saturated rings. The van der Waals surface area contributed by atoms with Crippen molar-refractivity contribution in [1.29, 1.82) is 0 Å². The smallest absolute Gasteiger partial charge is 0.254 e. The van der Waals surface area contributed by atoms with Crippen molar-refractivity contribution in [3.05, 3.63) is 23.8 Å². The summed E-state index contributed by atoms with van der Waals surface area (Å²) < 4.78 is 10.4. The van der Waals surface area contributed by atoms with Gasteiger partial charge >= 0.3 is 0 Å². The van der Waals surface area contributed by atoms with Crippen LogP contribution < -0.4 is 9.47 Å². The molecule has 0 radical (unpaired) electrons. The van der Waals surface area contributed by atoms with Crippen LogP contribution in [0.4, 0.5) is 0 Å². The minimum absolute atomic E-state index is 0.0854. The summed E-state index contributed by atoms with van der Waals surface area (Å²) in [4.78, 5) is 14.5. The van der Waals surface area contributed by atoms with E-state index < -0.39 is 6.10 Å². The van der Waals surface area contributed by atoms with Crippen LogP contribution in [-0.4, -0.2) is 48.8 Å². The van der Waals surface area contributed by atoms with E-state index >= 15 is 0 Å². The molecule has 0 saturated carbocycles. The zero-order valence-electron chi connectivity index (χ0n) is 12.8. The third-order valence-electron chi connectivity index (χ3n) is 3.97. The summed E-state index contributed by atoms with van der Waals surface area (Å²) in [6, 6.07) is 5.03. The fraction of sp³-hybridized carbons (Fsp3) is 0.562. The number of aliphatic hydroxyl groups is 1. The second-order valence-electron chi connectivity index (χ2n) is 5.40. The van der Waals surface area contributed by atoms with E-state index in [0.29, 0.717) is 23.6 Å². The minimum atomic E-state index is -0.526. The number of hydrogen-bond donors (Lipinski definition) is 1. The highest BCUT2D eigenvalue weighted by Gasteiger charge is 2.30. The fourth-order valence-electron chi connectivity index (χ4n) is 2.81. The minimum Gasteiger partial charge on any atom is -0.497 e. The third kappa shape index (κ3) is 3.47. The van der Waals surface area contributed by atoms with Crippen molar-refractivity contribution in [2.75, 3.05) is 20.8 Å². The molecule has 0 aromatic heterocycles. The van der Waals surface area contributed by atoms with Crippen LogP contribution in [0.3, 0.4) is 0 Å². The molecule has 1 aromatic rings. The number of carbonyl (C=O) groups is 1. The van der Waals surface area contributed by atoms with Crippen molar-refractivity contribution in [1.82, 2.24) is 4.90 Å². The van der Waals surface area contributed by atoms with Crippen molar-refractivity contribution < 1.29 is 19.4 Å². The van der Waals surface area contributed by atoms with Crippen molar-refractivity contribution in [2.24, 2.45) is 0 Å². The van der Waals surface area contributed by atoms with Crippen LogP contribution in [0.15, 0.2) is 18.2 Å². The molecule has 1 aliphatic rings. The van der Waals surface area contributed by atoms with Gasteiger partial charge in [-0.1, -0.05) is 0 Å². The number of nitrogens with zero attached hydrogens (tertiary/aromatic N) is 1. The molecule has 0 aliphatic carbocycles. The number of rotatable bonds is 4. The van der Waals surface area contributed by atoms with Crippen LogP contribution in [0.2, 0.25) is 0 Å². The highest BCUT2D eigenvalue weighted by Crippen LogP contribution is 2.27. The Hall–Kier alpha value is -1.75. The van der Waals surface area contributed by atoms with E-state index in [1.54, 1.807) is 44.2 Å². The molecule has 116 valence electrons. The van der Waals surface area contributed by atoms with Gasteiger partial charge in [0.05, 0.1) is 26.4 Å². The summed E-state index contributed by atoms with van der Waals surface area (Å²) in [6.45, 7) is 2.41. The Balaban J connectivity index is 2.29. The van der Waals surface area contributed by atoms with Crippen LogP contribution >= 0.6 is 0 Å². The molecule has 5 nitrogen and oxygen atoms in total. The van der Waals surface area contributed by atoms with E-state index in [1.165, 1.54) is 0 Å². The number of benzene rings is 1. The molecule has 1 saturated heterocycles. The van der Waals surface area contributed by atoms with Gasteiger partial charge < -0.3 is 19.5 Å². The van der Waals surface area contributed by atoms with Gasteiger partial charge in [-0.15, -0.1) is 0 Å². The Labute approximate surface area is 125 Å². The topological polar surface area (TPSA) is 59.0 Å². The molecule has 1 aliphatic heterocycles. The first-order valence-corrected chi connectivity index (χ1v) is 7.29. The third-order valence-corrected chi connectivity index (χ3v) is 3.97. The summed E-state index contributed by atoms with van der Waals surface area (Å²) in [5, 5.41) is 9.90. The lowest BCUT2D eigenvalue weighted by atomic mass is 9.97. The number of carbonyl (C=O) groups excluding carboxylic acids is 1. The van der Waals surface area contributed by atoms with E-state index in [1.807, 2.05) is 0 Å². The molecular formula is C16H23NO4. The van der Waals surface area contributed by atoms with Crippen LogP contribution in [0.25, 0.3) is 0 Å². The van der Waals surface area contributed by atoms with Gasteiger partial charge in [0.2, 0.25) is 0 Å². The molecule has 1 aromatic carbocycles. The highest BCUT2D eigenvalue weighted by molar-refractivity contribution is 5.95. The van der Waals surface area contributed by atoms with Crippen LogP contribution in [0.5, 0.6) is 11.5 Å². The summed E-state index contributed by atoms with van der Waals surface area (Å²) in [7, 11) is 3.12. The molecule has 2 unspecified atom stereocenters. The van der Waals surface area contributed by atoms with E-state index in [2.05, 4.69) is 0 Å². The first kappa shape index (κ1) is 15.6. The van der Waals surface area contributed by atoms with Crippen molar-refractivity contribution in [3.63, 3.8) is 0 Å². The van der Waals surface area contributed by atoms with Gasteiger partial charge in [-0.2, -0.15) is 0 Å². The molecule has 0 bridgehead atoms. The van der Waals surface area contributed by atoms with Crippen LogP contribution in [-0.2, 0) is 0 Å². The van der Waals surface area contributed by atoms with E-state index in [9.17, 15) is 9.90 Å². The van der Waals surface area contributed by atoms with Gasteiger partial charge in [0.1, 0.15) is 11.5 Å². The molecule has 1 N–H and O–H groups in total. The predicted octanol–water partition coefficient (Wildman–Crippen LogP) is 2.08. The first-order valence-electron chi connectivity index (χ1n) is 7.29. The quantitative estimate of drug-likeness (QED) is 0.923. The lowest BCUT2D eigenvalue weighted by molar-refractivity contribution is 0.0280. The molecule has 5 heteroatoms. The molecule has 2 atom stereocenters. The largest absolute Gasteiger partial charge is 0.497 e. The van der Waals surface area contributed by atoms with Crippen LogP contribution in [0, 0.1) is 0 Å². The Kier molecular flexibility index (Phi) is 5.07. The van der Waals surface area contributed by atoms with E-state index in [4.69, 9.17) is 9.47 Å². The fourth-order valence-corrected chi connectivity index (χ4v) is 2.81. The van der Waals surface area contributed by atoms with Gasteiger partial charge in [-0.25, -0.2) is 0 Å². The number of ether oxygens (including phenoxy) is 2. The number of amides is 1. The first-order chi connectivity index (χ1) is 10.1. The summed E-state index contributed by atoms with van der Waals surface area (Å²) in [5.74, 6) is 1.09. The lowest BCUT2D eigenvalue weighted by Gasteiger charge is -2.37. The maximum atomic E-state index is 12.8. The Morgan fingerprint density at radius 2 is 1.86 bits per heavy atom. The maximum absolute atomic E-state index is 12.8. The molecule has 1 amide bonds.